The molecule has 2 unspecified atom stereocenters. The summed E-state index contributed by atoms with van der Waals surface area (Å²) in [6, 6.07) is 0.957. The molecular formula is C9H16N2O. The fourth-order valence-electron chi connectivity index (χ4n) is 2.20. The second-order valence-corrected chi connectivity index (χ2v) is 3.77. The molecule has 1 aliphatic heterocycles. The molecule has 68 valence electrons. The first-order valence-electron chi connectivity index (χ1n) is 4.89. The quantitative estimate of drug-likeness (QED) is 0.550. The van der Waals surface area contributed by atoms with Gasteiger partial charge < -0.3 is 10.6 Å². The highest BCUT2D eigenvalue weighted by atomic mass is 16.1. The van der Waals surface area contributed by atoms with Gasteiger partial charge in [0.1, 0.15) is 0 Å². The lowest BCUT2D eigenvalue weighted by molar-refractivity contribution is -0.121. The molecule has 1 saturated carbocycles. The minimum absolute atomic E-state index is 0.219. The normalized spacial score (nSPS) is 36.5. The highest BCUT2D eigenvalue weighted by molar-refractivity contribution is 5.76. The van der Waals surface area contributed by atoms with Crippen molar-refractivity contribution in [3.8, 4) is 0 Å². The van der Waals surface area contributed by atoms with Crippen molar-refractivity contribution < 1.29 is 4.79 Å². The first-order valence-corrected chi connectivity index (χ1v) is 4.89. The molecule has 12 heavy (non-hydrogen) atoms. The predicted molar refractivity (Wildman–Crippen MR) is 46.8 cm³/mol. The third-order valence-electron chi connectivity index (χ3n) is 2.87. The van der Waals surface area contributed by atoms with E-state index >= 15 is 0 Å². The maximum Gasteiger partial charge on any atom is 0.221 e. The van der Waals surface area contributed by atoms with E-state index in [1.54, 1.807) is 0 Å². The lowest BCUT2D eigenvalue weighted by Gasteiger charge is -2.30. The predicted octanol–water partition coefficient (Wildman–Crippen LogP) is 0.407. The van der Waals surface area contributed by atoms with Crippen molar-refractivity contribution in [2.24, 2.45) is 0 Å². The minimum atomic E-state index is 0.219. The van der Waals surface area contributed by atoms with Gasteiger partial charge in [0.25, 0.3) is 0 Å². The van der Waals surface area contributed by atoms with Gasteiger partial charge >= 0.3 is 0 Å². The molecule has 2 fully saturated rings. The van der Waals surface area contributed by atoms with Crippen molar-refractivity contribution in [1.82, 2.24) is 10.6 Å². The topological polar surface area (TPSA) is 41.1 Å². The van der Waals surface area contributed by atoms with E-state index in [1.807, 2.05) is 0 Å². The van der Waals surface area contributed by atoms with E-state index < -0.39 is 0 Å². The molecule has 0 bridgehead atoms. The molecule has 3 nitrogen and oxygen atoms in total. The number of fused-ring (bicyclic) bond motifs is 1. The first kappa shape index (κ1) is 8.05. The monoisotopic (exact) mass is 168 g/mol. The van der Waals surface area contributed by atoms with Gasteiger partial charge in [-0.25, -0.2) is 0 Å². The van der Waals surface area contributed by atoms with E-state index in [2.05, 4.69) is 10.6 Å². The molecule has 2 atom stereocenters. The van der Waals surface area contributed by atoms with Crippen LogP contribution in [0.1, 0.15) is 32.1 Å². The van der Waals surface area contributed by atoms with Gasteiger partial charge in [-0.1, -0.05) is 12.8 Å². The second kappa shape index (κ2) is 3.44. The Labute approximate surface area is 72.9 Å². The molecular weight excluding hydrogens is 152 g/mol. The molecule has 0 aromatic rings. The van der Waals surface area contributed by atoms with Crippen molar-refractivity contribution in [2.75, 3.05) is 6.54 Å². The number of amides is 1. The number of carbonyl (C=O) groups is 1. The lowest BCUT2D eigenvalue weighted by atomic mass is 9.91. The van der Waals surface area contributed by atoms with Crippen LogP contribution in [0.2, 0.25) is 0 Å². The van der Waals surface area contributed by atoms with Crippen LogP contribution in [0.25, 0.3) is 0 Å². The molecule has 2 aliphatic rings. The number of rotatable bonds is 0. The molecule has 1 saturated heterocycles. The maximum atomic E-state index is 11.2. The van der Waals surface area contributed by atoms with E-state index in [-0.39, 0.29) is 5.91 Å². The van der Waals surface area contributed by atoms with Gasteiger partial charge in [-0.15, -0.1) is 0 Å². The first-order chi connectivity index (χ1) is 5.86. The van der Waals surface area contributed by atoms with Crippen LogP contribution in [0.3, 0.4) is 0 Å². The molecule has 1 aliphatic carbocycles. The third kappa shape index (κ3) is 1.61. The van der Waals surface area contributed by atoms with Crippen molar-refractivity contribution >= 4 is 5.91 Å². The highest BCUT2D eigenvalue weighted by Gasteiger charge is 2.27. The summed E-state index contributed by atoms with van der Waals surface area (Å²) in [5.41, 5.74) is 0. The third-order valence-corrected chi connectivity index (χ3v) is 2.87. The fourth-order valence-corrected chi connectivity index (χ4v) is 2.20. The van der Waals surface area contributed by atoms with Crippen molar-refractivity contribution in [1.29, 1.82) is 0 Å². The highest BCUT2D eigenvalue weighted by Crippen LogP contribution is 2.19. The summed E-state index contributed by atoms with van der Waals surface area (Å²) in [5.74, 6) is 0.219. The molecule has 2 rings (SSSR count). The summed E-state index contributed by atoms with van der Waals surface area (Å²) in [5, 5.41) is 6.51. The summed E-state index contributed by atoms with van der Waals surface area (Å²) < 4.78 is 0. The zero-order valence-electron chi connectivity index (χ0n) is 7.31. The average Bonchev–Trinajstić information content (AvgIpc) is 2.25. The molecule has 0 aromatic carbocycles. The zero-order chi connectivity index (χ0) is 8.39. The second-order valence-electron chi connectivity index (χ2n) is 3.77. The Morgan fingerprint density at radius 1 is 1.17 bits per heavy atom. The van der Waals surface area contributed by atoms with Crippen LogP contribution in [0.5, 0.6) is 0 Å². The smallest absolute Gasteiger partial charge is 0.221 e. The number of hydrogen-bond acceptors (Lipinski definition) is 2. The van der Waals surface area contributed by atoms with Crippen LogP contribution >= 0.6 is 0 Å². The fraction of sp³-hybridized carbons (Fsp3) is 0.889. The summed E-state index contributed by atoms with van der Waals surface area (Å²) in [4.78, 5) is 11.2. The van der Waals surface area contributed by atoms with Crippen LogP contribution < -0.4 is 10.6 Å². The van der Waals surface area contributed by atoms with E-state index in [9.17, 15) is 4.79 Å². The van der Waals surface area contributed by atoms with Crippen molar-refractivity contribution in [2.45, 2.75) is 44.2 Å². The van der Waals surface area contributed by atoms with Gasteiger partial charge in [0, 0.05) is 25.0 Å². The Kier molecular flexibility index (Phi) is 2.30. The van der Waals surface area contributed by atoms with Gasteiger partial charge in [-0.3, -0.25) is 4.79 Å². The van der Waals surface area contributed by atoms with Gasteiger partial charge in [0.2, 0.25) is 5.91 Å². The lowest BCUT2D eigenvalue weighted by Crippen LogP contribution is -2.48. The van der Waals surface area contributed by atoms with E-state index in [0.717, 1.165) is 13.0 Å². The summed E-state index contributed by atoms with van der Waals surface area (Å²) in [7, 11) is 0. The van der Waals surface area contributed by atoms with Gasteiger partial charge in [-0.2, -0.15) is 0 Å². The SMILES string of the molecule is O=C1CCNC2CCCCC2N1. The largest absolute Gasteiger partial charge is 0.352 e. The maximum absolute atomic E-state index is 11.2. The van der Waals surface area contributed by atoms with E-state index in [4.69, 9.17) is 0 Å². The molecule has 3 heteroatoms. The Balaban J connectivity index is 2.01. The summed E-state index contributed by atoms with van der Waals surface area (Å²) >= 11 is 0. The average molecular weight is 168 g/mol. The zero-order valence-corrected chi connectivity index (χ0v) is 7.31. The standard InChI is InChI=1S/C9H16N2O/c12-9-5-6-10-7-3-1-2-4-8(7)11-9/h7-8,10H,1-6H2,(H,11,12). The minimum Gasteiger partial charge on any atom is -0.352 e. The number of carbonyl (C=O) groups excluding carboxylic acids is 1. The Bertz CT molecular complexity index is 181. The molecule has 1 amide bonds. The Morgan fingerprint density at radius 2 is 1.92 bits per heavy atom. The summed E-state index contributed by atoms with van der Waals surface area (Å²) in [6.45, 7) is 0.854. The van der Waals surface area contributed by atoms with Crippen molar-refractivity contribution in [3.63, 3.8) is 0 Å². The van der Waals surface area contributed by atoms with E-state index in [1.165, 1.54) is 19.3 Å². The van der Waals surface area contributed by atoms with Gasteiger partial charge in [-0.05, 0) is 12.8 Å². The molecule has 0 aromatic heterocycles. The van der Waals surface area contributed by atoms with Gasteiger partial charge in [0.05, 0.1) is 0 Å². The Hall–Kier alpha value is -0.570. The van der Waals surface area contributed by atoms with Crippen LogP contribution in [-0.2, 0) is 4.79 Å². The van der Waals surface area contributed by atoms with E-state index in [0.29, 0.717) is 18.5 Å². The van der Waals surface area contributed by atoms with Crippen LogP contribution in [-0.4, -0.2) is 24.5 Å². The van der Waals surface area contributed by atoms with Crippen LogP contribution in [0, 0.1) is 0 Å². The Morgan fingerprint density at radius 3 is 2.75 bits per heavy atom. The molecule has 2 N–H and O–H groups in total. The number of nitrogens with one attached hydrogen (secondary N) is 2. The van der Waals surface area contributed by atoms with Crippen LogP contribution in [0.15, 0.2) is 0 Å². The molecule has 1 heterocycles. The summed E-state index contributed by atoms with van der Waals surface area (Å²) in [6.07, 6.45) is 5.61. The number of hydrogen-bond donors (Lipinski definition) is 2. The molecule has 0 spiro atoms. The van der Waals surface area contributed by atoms with Crippen LogP contribution in [0.4, 0.5) is 0 Å². The van der Waals surface area contributed by atoms with Crippen molar-refractivity contribution in [3.05, 3.63) is 0 Å². The van der Waals surface area contributed by atoms with Gasteiger partial charge in [0.15, 0.2) is 0 Å². The molecule has 0 radical (unpaired) electrons.